The zero-order chi connectivity index (χ0) is 10.6. The van der Waals surface area contributed by atoms with Crippen molar-refractivity contribution in [1.29, 1.82) is 5.39 Å². The van der Waals surface area contributed by atoms with Gasteiger partial charge in [-0.25, -0.2) is 0 Å². The summed E-state index contributed by atoms with van der Waals surface area (Å²) in [6.45, 7) is 0. The van der Waals surface area contributed by atoms with E-state index in [-0.39, 0.29) is 12.4 Å². The smallest absolute Gasteiger partial charge is 0.389 e. The van der Waals surface area contributed by atoms with Gasteiger partial charge in [0.05, 0.1) is 19.1 Å². The standard InChI is InChI=1S/C9H8BrN2O2/c1-14-9(13)4-6-2-3-7(10)5-8(6)12-11/h2-3,5H,4H2,1H3/q+1. The monoisotopic (exact) mass is 255 g/mol. The molecule has 0 atom stereocenters. The summed E-state index contributed by atoms with van der Waals surface area (Å²) in [5.74, 6) is -0.364. The minimum atomic E-state index is -0.364. The Bertz CT molecular complexity index is 398. The lowest BCUT2D eigenvalue weighted by atomic mass is 10.1. The molecule has 1 rings (SSSR count). The highest BCUT2D eigenvalue weighted by molar-refractivity contribution is 9.10. The third-order valence-corrected chi connectivity index (χ3v) is 2.21. The fraction of sp³-hybridized carbons (Fsp3) is 0.222. The number of hydrogen-bond acceptors (Lipinski definition) is 3. The van der Waals surface area contributed by atoms with Gasteiger partial charge in [-0.15, -0.1) is 0 Å². The van der Waals surface area contributed by atoms with Gasteiger partial charge >= 0.3 is 11.7 Å². The van der Waals surface area contributed by atoms with Crippen molar-refractivity contribution in [3.05, 3.63) is 33.2 Å². The van der Waals surface area contributed by atoms with Crippen LogP contribution in [0.2, 0.25) is 0 Å². The Labute approximate surface area is 89.6 Å². The van der Waals surface area contributed by atoms with E-state index in [1.807, 2.05) is 0 Å². The van der Waals surface area contributed by atoms with E-state index < -0.39 is 0 Å². The number of nitrogens with zero attached hydrogens (tertiary/aromatic N) is 2. The van der Waals surface area contributed by atoms with Crippen LogP contribution in [0.15, 0.2) is 22.7 Å². The molecule has 1 aromatic rings. The molecule has 0 saturated heterocycles. The lowest BCUT2D eigenvalue weighted by Gasteiger charge is -1.97. The van der Waals surface area contributed by atoms with E-state index in [1.54, 1.807) is 18.2 Å². The zero-order valence-corrected chi connectivity index (χ0v) is 9.11. The average molecular weight is 256 g/mol. The Kier molecular flexibility index (Phi) is 3.60. The second-order valence-electron chi connectivity index (χ2n) is 2.63. The second kappa shape index (κ2) is 4.72. The molecule has 0 heterocycles. The van der Waals surface area contributed by atoms with Crippen molar-refractivity contribution in [1.82, 2.24) is 0 Å². The zero-order valence-electron chi connectivity index (χ0n) is 7.53. The molecule has 14 heavy (non-hydrogen) atoms. The third kappa shape index (κ3) is 2.54. The van der Waals surface area contributed by atoms with E-state index in [0.29, 0.717) is 11.3 Å². The summed E-state index contributed by atoms with van der Waals surface area (Å²) in [4.78, 5) is 14.1. The predicted octanol–water partition coefficient (Wildman–Crippen LogP) is 2.65. The van der Waals surface area contributed by atoms with Crippen molar-refractivity contribution in [3.8, 4) is 0 Å². The highest BCUT2D eigenvalue weighted by Crippen LogP contribution is 2.24. The van der Waals surface area contributed by atoms with Crippen molar-refractivity contribution >= 4 is 27.6 Å². The molecule has 0 amide bonds. The first-order chi connectivity index (χ1) is 6.67. The Balaban J connectivity index is 2.98. The molecule has 0 aliphatic carbocycles. The minimum absolute atomic E-state index is 0.100. The molecule has 1 aromatic carbocycles. The van der Waals surface area contributed by atoms with Crippen LogP contribution in [0.5, 0.6) is 0 Å². The third-order valence-electron chi connectivity index (χ3n) is 1.72. The van der Waals surface area contributed by atoms with Gasteiger partial charge in [0.15, 0.2) is 4.98 Å². The first-order valence-corrected chi connectivity index (χ1v) is 4.67. The second-order valence-corrected chi connectivity index (χ2v) is 3.54. The van der Waals surface area contributed by atoms with Crippen molar-refractivity contribution in [2.45, 2.75) is 6.42 Å². The molecule has 0 saturated carbocycles. The summed E-state index contributed by atoms with van der Waals surface area (Å²) < 4.78 is 5.30. The first kappa shape index (κ1) is 10.7. The SMILES string of the molecule is COC(=O)Cc1ccc(Br)cc1[N+]#N. The number of benzene rings is 1. The van der Waals surface area contributed by atoms with Crippen molar-refractivity contribution in [2.24, 2.45) is 0 Å². The number of carbonyl (C=O) groups is 1. The maximum atomic E-state index is 11.0. The van der Waals surface area contributed by atoms with Gasteiger partial charge in [0.1, 0.15) is 0 Å². The number of carbonyl (C=O) groups excluding carboxylic acids is 1. The largest absolute Gasteiger partial charge is 0.469 e. The van der Waals surface area contributed by atoms with Gasteiger partial charge in [-0.3, -0.25) is 4.79 Å². The molecule has 0 aliphatic heterocycles. The van der Waals surface area contributed by atoms with E-state index in [2.05, 4.69) is 25.6 Å². The van der Waals surface area contributed by atoms with E-state index >= 15 is 0 Å². The van der Waals surface area contributed by atoms with Gasteiger partial charge in [-0.2, -0.15) is 0 Å². The van der Waals surface area contributed by atoms with Gasteiger partial charge < -0.3 is 4.74 Å². The summed E-state index contributed by atoms with van der Waals surface area (Å²) >= 11 is 3.23. The number of esters is 1. The van der Waals surface area contributed by atoms with Crippen LogP contribution in [0.3, 0.4) is 0 Å². The molecular formula is C9H8BrN2O2+. The Hall–Kier alpha value is -1.41. The van der Waals surface area contributed by atoms with Gasteiger partial charge in [0, 0.05) is 10.5 Å². The highest BCUT2D eigenvalue weighted by Gasteiger charge is 2.16. The van der Waals surface area contributed by atoms with Crippen LogP contribution in [0, 0.1) is 5.39 Å². The molecule has 0 bridgehead atoms. The molecular weight excluding hydrogens is 248 g/mol. The molecule has 4 nitrogen and oxygen atoms in total. The topological polar surface area (TPSA) is 54.5 Å². The number of ether oxygens (including phenoxy) is 1. The molecule has 0 aliphatic rings. The Morgan fingerprint density at radius 1 is 1.64 bits per heavy atom. The van der Waals surface area contributed by atoms with Crippen LogP contribution >= 0.6 is 15.9 Å². The Morgan fingerprint density at radius 3 is 2.93 bits per heavy atom. The minimum Gasteiger partial charge on any atom is -0.469 e. The van der Waals surface area contributed by atoms with Crippen LogP contribution in [0.4, 0.5) is 5.69 Å². The van der Waals surface area contributed by atoms with Gasteiger partial charge in [0.2, 0.25) is 5.39 Å². The van der Waals surface area contributed by atoms with E-state index in [1.165, 1.54) is 7.11 Å². The van der Waals surface area contributed by atoms with Crippen molar-refractivity contribution in [3.63, 3.8) is 0 Å². The molecule has 0 radical (unpaired) electrons. The lowest BCUT2D eigenvalue weighted by molar-refractivity contribution is -0.139. The molecule has 0 aromatic heterocycles. The summed E-state index contributed by atoms with van der Waals surface area (Å²) in [5, 5.41) is 8.68. The molecule has 0 fully saturated rings. The average Bonchev–Trinajstić information content (AvgIpc) is 2.20. The van der Waals surface area contributed by atoms with E-state index in [0.717, 1.165) is 4.47 Å². The number of diazo groups is 1. The quantitative estimate of drug-likeness (QED) is 0.603. The summed E-state index contributed by atoms with van der Waals surface area (Å²) in [5.41, 5.74) is 0.993. The summed E-state index contributed by atoms with van der Waals surface area (Å²) in [6, 6.07) is 5.10. The highest BCUT2D eigenvalue weighted by atomic mass is 79.9. The van der Waals surface area contributed by atoms with Crippen LogP contribution in [0.1, 0.15) is 5.56 Å². The fourth-order valence-corrected chi connectivity index (χ4v) is 1.36. The van der Waals surface area contributed by atoms with Crippen LogP contribution in [-0.4, -0.2) is 13.1 Å². The summed E-state index contributed by atoms with van der Waals surface area (Å²) in [6.07, 6.45) is 0.100. The Morgan fingerprint density at radius 2 is 2.36 bits per heavy atom. The van der Waals surface area contributed by atoms with Crippen LogP contribution < -0.4 is 0 Å². The number of methoxy groups -OCH3 is 1. The maximum Gasteiger partial charge on any atom is 0.389 e. The molecule has 0 unspecified atom stereocenters. The maximum absolute atomic E-state index is 11.0. The first-order valence-electron chi connectivity index (χ1n) is 3.87. The summed E-state index contributed by atoms with van der Waals surface area (Å²) in [7, 11) is 1.32. The molecule has 72 valence electrons. The van der Waals surface area contributed by atoms with Crippen LogP contribution in [0.25, 0.3) is 4.98 Å². The normalized spacial score (nSPS) is 9.21. The molecule has 0 N–H and O–H groups in total. The number of halogens is 1. The lowest BCUT2D eigenvalue weighted by Crippen LogP contribution is -2.04. The molecule has 5 heteroatoms. The van der Waals surface area contributed by atoms with Gasteiger partial charge in [0.25, 0.3) is 0 Å². The van der Waals surface area contributed by atoms with E-state index in [4.69, 9.17) is 5.39 Å². The van der Waals surface area contributed by atoms with E-state index in [9.17, 15) is 4.79 Å². The fourth-order valence-electron chi connectivity index (χ4n) is 1.01. The van der Waals surface area contributed by atoms with Gasteiger partial charge in [-0.05, 0) is 12.1 Å². The number of hydrogen-bond donors (Lipinski definition) is 0. The van der Waals surface area contributed by atoms with Gasteiger partial charge in [-0.1, -0.05) is 15.9 Å². The predicted molar refractivity (Wildman–Crippen MR) is 54.6 cm³/mol. The van der Waals surface area contributed by atoms with Crippen molar-refractivity contribution in [2.75, 3.05) is 7.11 Å². The molecule has 0 spiro atoms. The number of rotatable bonds is 2. The van der Waals surface area contributed by atoms with Crippen molar-refractivity contribution < 1.29 is 9.53 Å². The van der Waals surface area contributed by atoms with Crippen LogP contribution in [-0.2, 0) is 16.0 Å².